The van der Waals surface area contributed by atoms with E-state index in [1.54, 1.807) is 17.2 Å². The van der Waals surface area contributed by atoms with Gasteiger partial charge >= 0.3 is 0 Å². The number of pyridine rings is 1. The van der Waals surface area contributed by atoms with Gasteiger partial charge in [-0.15, -0.1) is 0 Å². The Labute approximate surface area is 205 Å². The molecular weight excluding hydrogens is 450 g/mol. The molecule has 2 aromatic heterocycles. The molecule has 8 heteroatoms. The molecule has 1 saturated heterocycles. The second-order valence-electron chi connectivity index (χ2n) is 9.11. The van der Waals surface area contributed by atoms with Crippen LogP contribution < -0.4 is 5.32 Å². The Morgan fingerprint density at radius 1 is 1.24 bits per heavy atom. The normalized spacial score (nSPS) is 19.7. The van der Waals surface area contributed by atoms with E-state index in [0.717, 1.165) is 48.2 Å². The van der Waals surface area contributed by atoms with Crippen LogP contribution in [0.4, 0.5) is 0 Å². The quantitative estimate of drug-likeness (QED) is 0.415. The van der Waals surface area contributed by atoms with Crippen LogP contribution in [0.3, 0.4) is 0 Å². The first-order valence-corrected chi connectivity index (χ1v) is 12.2. The number of amides is 1. The predicted molar refractivity (Wildman–Crippen MR) is 133 cm³/mol. The summed E-state index contributed by atoms with van der Waals surface area (Å²) in [5, 5.41) is 21.9. The van der Waals surface area contributed by atoms with Gasteiger partial charge in [-0.3, -0.25) is 9.89 Å². The molecular formula is C26H32ClN5O2. The Morgan fingerprint density at radius 3 is 2.62 bits per heavy atom. The Hall–Kier alpha value is -2.74. The summed E-state index contributed by atoms with van der Waals surface area (Å²) in [7, 11) is 1.84. The average Bonchev–Trinajstić information content (AvgIpc) is 3.49. The Bertz CT molecular complexity index is 1100. The first-order valence-electron chi connectivity index (χ1n) is 11.8. The number of nitrogens with zero attached hydrogens (tertiary/aromatic N) is 3. The number of aliphatic hydroxyl groups excluding tert-OH is 1. The van der Waals surface area contributed by atoms with Crippen molar-refractivity contribution in [2.75, 3.05) is 7.05 Å². The maximum atomic E-state index is 13.1. The van der Waals surface area contributed by atoms with Crippen molar-refractivity contribution in [2.24, 2.45) is 0 Å². The van der Waals surface area contributed by atoms with Crippen LogP contribution >= 0.6 is 11.6 Å². The van der Waals surface area contributed by atoms with Crippen LogP contribution in [0.25, 0.3) is 0 Å². The number of aryl methyl sites for hydroxylation is 1. The highest BCUT2D eigenvalue weighted by Gasteiger charge is 2.30. The van der Waals surface area contributed by atoms with E-state index in [1.807, 2.05) is 50.4 Å². The van der Waals surface area contributed by atoms with Gasteiger partial charge < -0.3 is 15.3 Å². The standard InChI is InChI=1S/C26H32ClN5O2/c1-4-23(22-13-16(2)30-31-22)32(3)26(34)18-7-5-17(6-8-18)14-20-10-11-21(29-20)25(33)19-9-12-24(27)28-15-19/h5-9,12-13,15,20-21,23,25,29,33H,4,10-11,14H2,1-3H3,(H,30,31)/t20-,21+,23?,25+/m0/s1. The molecule has 3 N–H and O–H groups in total. The lowest BCUT2D eigenvalue weighted by Crippen LogP contribution is -2.35. The number of aromatic amines is 1. The van der Waals surface area contributed by atoms with E-state index >= 15 is 0 Å². The van der Waals surface area contributed by atoms with Gasteiger partial charge in [-0.05, 0) is 62.4 Å². The summed E-state index contributed by atoms with van der Waals surface area (Å²) >= 11 is 5.85. The van der Waals surface area contributed by atoms with Gasteiger partial charge in [0.1, 0.15) is 5.15 Å². The van der Waals surface area contributed by atoms with E-state index in [4.69, 9.17) is 11.6 Å². The minimum atomic E-state index is -0.615. The lowest BCUT2D eigenvalue weighted by Gasteiger charge is -2.26. The number of H-pyrrole nitrogens is 1. The number of aliphatic hydroxyl groups is 1. The van der Waals surface area contributed by atoms with Crippen molar-refractivity contribution in [1.29, 1.82) is 0 Å². The van der Waals surface area contributed by atoms with Crippen LogP contribution in [-0.4, -0.2) is 50.2 Å². The number of nitrogens with one attached hydrogen (secondary N) is 2. The van der Waals surface area contributed by atoms with Gasteiger partial charge in [0.2, 0.25) is 0 Å². The molecule has 7 nitrogen and oxygen atoms in total. The molecule has 3 heterocycles. The smallest absolute Gasteiger partial charge is 0.254 e. The second-order valence-corrected chi connectivity index (χ2v) is 9.50. The number of halogens is 1. The zero-order chi connectivity index (χ0) is 24.2. The monoisotopic (exact) mass is 481 g/mol. The summed E-state index contributed by atoms with van der Waals surface area (Å²) in [6, 6.07) is 13.6. The highest BCUT2D eigenvalue weighted by molar-refractivity contribution is 6.29. The van der Waals surface area contributed by atoms with Crippen LogP contribution in [0, 0.1) is 6.92 Å². The van der Waals surface area contributed by atoms with Crippen molar-refractivity contribution in [2.45, 2.75) is 63.8 Å². The fourth-order valence-electron chi connectivity index (χ4n) is 4.78. The van der Waals surface area contributed by atoms with Gasteiger partial charge in [0, 0.05) is 36.5 Å². The Kier molecular flexibility index (Phi) is 7.66. The highest BCUT2D eigenvalue weighted by Crippen LogP contribution is 2.27. The topological polar surface area (TPSA) is 94.1 Å². The molecule has 1 aliphatic rings. The molecule has 0 spiro atoms. The summed E-state index contributed by atoms with van der Waals surface area (Å²) < 4.78 is 0. The molecule has 0 bridgehead atoms. The second kappa shape index (κ2) is 10.7. The third kappa shape index (κ3) is 5.49. The Balaban J connectivity index is 1.34. The molecule has 0 saturated carbocycles. The zero-order valence-electron chi connectivity index (χ0n) is 19.8. The summed E-state index contributed by atoms with van der Waals surface area (Å²) in [5.74, 6) is -0.00981. The van der Waals surface area contributed by atoms with Gasteiger partial charge in [0.25, 0.3) is 5.91 Å². The van der Waals surface area contributed by atoms with Crippen LogP contribution in [0.1, 0.15) is 71.2 Å². The Morgan fingerprint density at radius 2 is 2.00 bits per heavy atom. The number of carbonyl (C=O) groups is 1. The average molecular weight is 482 g/mol. The van der Waals surface area contributed by atoms with E-state index in [-0.39, 0.29) is 24.0 Å². The zero-order valence-corrected chi connectivity index (χ0v) is 20.6. The fraction of sp³-hybridized carbons (Fsp3) is 0.423. The minimum absolute atomic E-state index is 0.00981. The maximum Gasteiger partial charge on any atom is 0.254 e. The van der Waals surface area contributed by atoms with Crippen molar-refractivity contribution >= 4 is 17.5 Å². The van der Waals surface area contributed by atoms with Crippen LogP contribution in [0.15, 0.2) is 48.7 Å². The number of carbonyl (C=O) groups excluding carboxylic acids is 1. The van der Waals surface area contributed by atoms with E-state index in [0.29, 0.717) is 10.7 Å². The molecule has 34 heavy (non-hydrogen) atoms. The van der Waals surface area contributed by atoms with Crippen molar-refractivity contribution < 1.29 is 9.90 Å². The third-order valence-electron chi connectivity index (χ3n) is 6.69. The van der Waals surface area contributed by atoms with Crippen molar-refractivity contribution in [3.8, 4) is 0 Å². The maximum absolute atomic E-state index is 13.1. The molecule has 0 aliphatic carbocycles. The minimum Gasteiger partial charge on any atom is -0.387 e. The van der Waals surface area contributed by atoms with Crippen LogP contribution in [0.2, 0.25) is 5.15 Å². The molecule has 180 valence electrons. The van der Waals surface area contributed by atoms with Gasteiger partial charge in [-0.2, -0.15) is 5.10 Å². The number of aromatic nitrogens is 3. The molecule has 4 rings (SSSR count). The molecule has 4 atom stereocenters. The summed E-state index contributed by atoms with van der Waals surface area (Å²) in [6.07, 6.45) is 4.53. The van der Waals surface area contributed by atoms with Crippen LogP contribution in [-0.2, 0) is 6.42 Å². The van der Waals surface area contributed by atoms with E-state index in [1.165, 1.54) is 0 Å². The van der Waals surface area contributed by atoms with E-state index < -0.39 is 6.10 Å². The summed E-state index contributed by atoms with van der Waals surface area (Å²) in [6.45, 7) is 4.00. The van der Waals surface area contributed by atoms with Crippen molar-refractivity contribution in [3.63, 3.8) is 0 Å². The molecule has 1 aliphatic heterocycles. The largest absolute Gasteiger partial charge is 0.387 e. The van der Waals surface area contributed by atoms with Gasteiger partial charge in [-0.25, -0.2) is 4.98 Å². The lowest BCUT2D eigenvalue weighted by atomic mass is 10.0. The predicted octanol–water partition coefficient (Wildman–Crippen LogP) is 4.39. The van der Waals surface area contributed by atoms with Gasteiger partial charge in [0.15, 0.2) is 0 Å². The van der Waals surface area contributed by atoms with Crippen molar-refractivity contribution in [3.05, 3.63) is 81.9 Å². The summed E-state index contributed by atoms with van der Waals surface area (Å²) in [4.78, 5) is 18.9. The first kappa shape index (κ1) is 24.4. The van der Waals surface area contributed by atoms with Crippen molar-refractivity contribution in [1.82, 2.24) is 25.4 Å². The number of hydrogen-bond acceptors (Lipinski definition) is 5. The highest BCUT2D eigenvalue weighted by atomic mass is 35.5. The van der Waals surface area contributed by atoms with Crippen LogP contribution in [0.5, 0.6) is 0 Å². The van der Waals surface area contributed by atoms with Gasteiger partial charge in [-0.1, -0.05) is 36.7 Å². The molecule has 0 radical (unpaired) electrons. The van der Waals surface area contributed by atoms with E-state index in [9.17, 15) is 9.90 Å². The van der Waals surface area contributed by atoms with E-state index in [2.05, 4.69) is 27.4 Å². The first-order chi connectivity index (χ1) is 16.4. The number of hydrogen-bond donors (Lipinski definition) is 3. The fourth-order valence-corrected chi connectivity index (χ4v) is 4.89. The van der Waals surface area contributed by atoms with Gasteiger partial charge in [0.05, 0.1) is 23.5 Å². The number of benzene rings is 1. The molecule has 1 aromatic carbocycles. The SMILES string of the molecule is CCC(c1cc(C)n[nH]1)N(C)C(=O)c1ccc(C[C@@H]2CC[C@H]([C@H](O)c3ccc(Cl)nc3)N2)cc1. The lowest BCUT2D eigenvalue weighted by molar-refractivity contribution is 0.0722. The summed E-state index contributed by atoms with van der Waals surface area (Å²) in [5.41, 5.74) is 4.47. The molecule has 1 unspecified atom stereocenters. The molecule has 1 fully saturated rings. The molecule has 3 aromatic rings. The third-order valence-corrected chi connectivity index (χ3v) is 6.91. The molecule has 1 amide bonds. The number of rotatable bonds is 8.